The van der Waals surface area contributed by atoms with Gasteiger partial charge in [-0.15, -0.1) is 12.4 Å². The maximum atomic E-state index is 5.49. The molecule has 6 heteroatoms. The van der Waals surface area contributed by atoms with Crippen molar-refractivity contribution in [2.24, 2.45) is 0 Å². The number of aromatic nitrogens is 2. The van der Waals surface area contributed by atoms with Crippen LogP contribution in [0.2, 0.25) is 0 Å². The van der Waals surface area contributed by atoms with Gasteiger partial charge in [0, 0.05) is 26.1 Å². The molecule has 132 valence electrons. The van der Waals surface area contributed by atoms with Crippen LogP contribution in [0.15, 0.2) is 28.8 Å². The summed E-state index contributed by atoms with van der Waals surface area (Å²) in [6.45, 7) is 7.29. The molecule has 1 fully saturated rings. The van der Waals surface area contributed by atoms with Crippen molar-refractivity contribution in [2.75, 3.05) is 26.7 Å². The van der Waals surface area contributed by atoms with Crippen LogP contribution in [0.3, 0.4) is 0 Å². The zero-order valence-corrected chi connectivity index (χ0v) is 15.5. The van der Waals surface area contributed by atoms with E-state index in [0.717, 1.165) is 44.2 Å². The van der Waals surface area contributed by atoms with Crippen LogP contribution >= 0.6 is 12.4 Å². The number of aryl methyl sites for hydroxylation is 1. The van der Waals surface area contributed by atoms with Crippen molar-refractivity contribution < 1.29 is 4.52 Å². The molecule has 0 saturated carbocycles. The number of hydrogen-bond acceptors (Lipinski definition) is 5. The van der Waals surface area contributed by atoms with E-state index in [1.807, 2.05) is 0 Å². The second-order valence-electron chi connectivity index (χ2n) is 6.45. The van der Waals surface area contributed by atoms with Gasteiger partial charge in [0.05, 0.1) is 6.04 Å². The normalized spacial score (nSPS) is 19.7. The van der Waals surface area contributed by atoms with Crippen molar-refractivity contribution in [1.29, 1.82) is 0 Å². The van der Waals surface area contributed by atoms with Crippen LogP contribution in [-0.4, -0.2) is 41.7 Å². The van der Waals surface area contributed by atoms with Crippen molar-refractivity contribution in [3.8, 4) is 0 Å². The number of piperazine rings is 1. The maximum Gasteiger partial charge on any atom is 0.227 e. The van der Waals surface area contributed by atoms with E-state index in [2.05, 4.69) is 65.5 Å². The lowest BCUT2D eigenvalue weighted by atomic mass is 9.96. The number of hydrogen-bond donors (Lipinski definition) is 1. The molecule has 1 aromatic carbocycles. The van der Waals surface area contributed by atoms with Gasteiger partial charge in [0.15, 0.2) is 5.82 Å². The summed E-state index contributed by atoms with van der Waals surface area (Å²) < 4.78 is 5.49. The predicted octanol–water partition coefficient (Wildman–Crippen LogP) is 2.98. The number of halogens is 1. The molecule has 1 aliphatic heterocycles. The Balaban J connectivity index is 0.00000208. The third kappa shape index (κ3) is 4.35. The molecule has 2 atom stereocenters. The topological polar surface area (TPSA) is 54.2 Å². The second kappa shape index (κ2) is 8.60. The third-order valence-electron chi connectivity index (χ3n) is 4.73. The molecule has 1 saturated heterocycles. The van der Waals surface area contributed by atoms with Crippen LogP contribution < -0.4 is 5.32 Å². The van der Waals surface area contributed by atoms with E-state index < -0.39 is 0 Å². The summed E-state index contributed by atoms with van der Waals surface area (Å²) in [7, 11) is 2.11. The summed E-state index contributed by atoms with van der Waals surface area (Å²) >= 11 is 0. The van der Waals surface area contributed by atoms with Crippen LogP contribution in [0.5, 0.6) is 0 Å². The molecule has 5 nitrogen and oxygen atoms in total. The zero-order chi connectivity index (χ0) is 16.2. The SMILES string of the molecule is CCc1ccc(C(C)Cc2nc(C3CNCCN3C)no2)cc1.Cl. The van der Waals surface area contributed by atoms with Crippen LogP contribution in [-0.2, 0) is 12.8 Å². The number of rotatable bonds is 5. The highest BCUT2D eigenvalue weighted by atomic mass is 35.5. The Morgan fingerprint density at radius 2 is 2.08 bits per heavy atom. The first-order valence-corrected chi connectivity index (χ1v) is 8.49. The molecule has 1 aliphatic rings. The van der Waals surface area contributed by atoms with Crippen molar-refractivity contribution in [3.05, 3.63) is 47.1 Å². The largest absolute Gasteiger partial charge is 0.339 e. The fraction of sp³-hybridized carbons (Fsp3) is 0.556. The molecule has 24 heavy (non-hydrogen) atoms. The summed E-state index contributed by atoms with van der Waals surface area (Å²) in [5.74, 6) is 1.89. The molecule has 2 aromatic rings. The lowest BCUT2D eigenvalue weighted by molar-refractivity contribution is 0.190. The Kier molecular flexibility index (Phi) is 6.78. The number of nitrogens with zero attached hydrogens (tertiary/aromatic N) is 3. The lowest BCUT2D eigenvalue weighted by Crippen LogP contribution is -2.44. The van der Waals surface area contributed by atoms with Crippen molar-refractivity contribution in [3.63, 3.8) is 0 Å². The van der Waals surface area contributed by atoms with Gasteiger partial charge in [0.2, 0.25) is 5.89 Å². The summed E-state index contributed by atoms with van der Waals surface area (Å²) in [4.78, 5) is 6.90. The number of likely N-dealkylation sites (N-methyl/N-ethyl adjacent to an activating group) is 1. The van der Waals surface area contributed by atoms with Crippen molar-refractivity contribution in [1.82, 2.24) is 20.4 Å². The van der Waals surface area contributed by atoms with Gasteiger partial charge in [-0.2, -0.15) is 4.98 Å². The fourth-order valence-corrected chi connectivity index (χ4v) is 3.04. The Bertz CT molecular complexity index is 628. The van der Waals surface area contributed by atoms with Gasteiger partial charge in [-0.25, -0.2) is 0 Å². The Labute approximate surface area is 150 Å². The minimum Gasteiger partial charge on any atom is -0.339 e. The van der Waals surface area contributed by atoms with Gasteiger partial charge < -0.3 is 9.84 Å². The highest BCUT2D eigenvalue weighted by molar-refractivity contribution is 5.85. The molecule has 0 bridgehead atoms. The van der Waals surface area contributed by atoms with E-state index in [0.29, 0.717) is 5.92 Å². The molecular weight excluding hydrogens is 324 g/mol. The van der Waals surface area contributed by atoms with Gasteiger partial charge in [-0.1, -0.05) is 43.3 Å². The van der Waals surface area contributed by atoms with Crippen LogP contribution in [0.25, 0.3) is 0 Å². The van der Waals surface area contributed by atoms with Gasteiger partial charge >= 0.3 is 0 Å². The average Bonchev–Trinajstić information content (AvgIpc) is 3.03. The maximum absolute atomic E-state index is 5.49. The Morgan fingerprint density at radius 1 is 1.33 bits per heavy atom. The third-order valence-corrected chi connectivity index (χ3v) is 4.73. The van der Waals surface area contributed by atoms with Crippen LogP contribution in [0.4, 0.5) is 0 Å². The first-order valence-electron chi connectivity index (χ1n) is 8.49. The van der Waals surface area contributed by atoms with E-state index in [4.69, 9.17) is 4.52 Å². The number of benzene rings is 1. The minimum absolute atomic E-state index is 0. The molecule has 2 unspecified atom stereocenters. The van der Waals surface area contributed by atoms with E-state index in [-0.39, 0.29) is 18.4 Å². The Morgan fingerprint density at radius 3 is 2.75 bits per heavy atom. The molecule has 0 aliphatic carbocycles. The van der Waals surface area contributed by atoms with Gasteiger partial charge in [0.1, 0.15) is 0 Å². The van der Waals surface area contributed by atoms with Gasteiger partial charge in [-0.05, 0) is 30.5 Å². The minimum atomic E-state index is 0. The zero-order valence-electron chi connectivity index (χ0n) is 14.7. The van der Waals surface area contributed by atoms with Gasteiger partial charge in [0.25, 0.3) is 0 Å². The molecular formula is C18H27ClN4O. The monoisotopic (exact) mass is 350 g/mol. The summed E-state index contributed by atoms with van der Waals surface area (Å²) in [5.41, 5.74) is 2.69. The molecule has 0 radical (unpaired) electrons. The second-order valence-corrected chi connectivity index (χ2v) is 6.45. The fourth-order valence-electron chi connectivity index (χ4n) is 3.04. The van der Waals surface area contributed by atoms with E-state index in [9.17, 15) is 0 Å². The van der Waals surface area contributed by atoms with Gasteiger partial charge in [-0.3, -0.25) is 4.90 Å². The molecule has 3 rings (SSSR count). The quantitative estimate of drug-likeness (QED) is 0.898. The summed E-state index contributed by atoms with van der Waals surface area (Å²) in [5, 5.41) is 7.58. The molecule has 1 aromatic heterocycles. The molecule has 2 heterocycles. The van der Waals surface area contributed by atoms with Crippen LogP contribution in [0, 0.1) is 0 Å². The van der Waals surface area contributed by atoms with Crippen LogP contribution in [0.1, 0.15) is 48.6 Å². The lowest BCUT2D eigenvalue weighted by Gasteiger charge is -2.30. The van der Waals surface area contributed by atoms with E-state index in [1.54, 1.807) is 0 Å². The first kappa shape index (κ1) is 18.9. The van der Waals surface area contributed by atoms with Crippen molar-refractivity contribution in [2.45, 2.75) is 38.6 Å². The molecule has 1 N–H and O–H groups in total. The van der Waals surface area contributed by atoms with Crippen molar-refractivity contribution >= 4 is 12.4 Å². The summed E-state index contributed by atoms with van der Waals surface area (Å²) in [6.07, 6.45) is 1.85. The highest BCUT2D eigenvalue weighted by Gasteiger charge is 2.25. The predicted molar refractivity (Wildman–Crippen MR) is 97.7 cm³/mol. The molecule has 0 amide bonds. The molecule has 0 spiro atoms. The van der Waals surface area contributed by atoms with E-state index >= 15 is 0 Å². The van der Waals surface area contributed by atoms with E-state index in [1.165, 1.54) is 11.1 Å². The summed E-state index contributed by atoms with van der Waals surface area (Å²) in [6, 6.07) is 9.03. The Hall–Kier alpha value is -1.43. The average molecular weight is 351 g/mol. The first-order chi connectivity index (χ1) is 11.2. The smallest absolute Gasteiger partial charge is 0.227 e. The number of nitrogens with one attached hydrogen (secondary N) is 1. The highest BCUT2D eigenvalue weighted by Crippen LogP contribution is 2.22. The standard InChI is InChI=1S/C18H26N4O.ClH/c1-4-14-5-7-15(8-6-14)13(2)11-17-20-18(21-23-17)16-12-19-9-10-22(16)3;/h5-8,13,16,19H,4,9-12H2,1-3H3;1H.